The number of aliphatic hydroxyl groups excluding tert-OH is 1. The van der Waals surface area contributed by atoms with E-state index in [0.717, 1.165) is 51.9 Å². The molecule has 1 heterocycles. The summed E-state index contributed by atoms with van der Waals surface area (Å²) in [7, 11) is 2.11. The van der Waals surface area contributed by atoms with Gasteiger partial charge in [-0.05, 0) is 110 Å². The first-order chi connectivity index (χ1) is 18.0. The Kier molecular flexibility index (Phi) is 7.82. The van der Waals surface area contributed by atoms with E-state index < -0.39 is 0 Å². The van der Waals surface area contributed by atoms with Crippen LogP contribution in [0, 0.1) is 34.0 Å². The highest BCUT2D eigenvalue weighted by atomic mass is 16.6. The molecule has 6 heteroatoms. The molecule has 1 saturated heterocycles. The number of nitrogens with one attached hydrogen (secondary N) is 1. The first-order valence-corrected chi connectivity index (χ1v) is 15.5. The minimum Gasteiger partial charge on any atom is -0.449 e. The molecule has 2 fully saturated rings. The van der Waals surface area contributed by atoms with E-state index >= 15 is 0 Å². The van der Waals surface area contributed by atoms with Crippen molar-refractivity contribution in [3.05, 3.63) is 22.8 Å². The molecule has 1 aliphatic heterocycles. The van der Waals surface area contributed by atoms with Crippen molar-refractivity contribution in [1.29, 1.82) is 0 Å². The number of hydrazine groups is 1. The van der Waals surface area contributed by atoms with Gasteiger partial charge in [0, 0.05) is 26.2 Å². The van der Waals surface area contributed by atoms with Crippen LogP contribution in [-0.4, -0.2) is 67.0 Å². The smallest absolute Gasteiger partial charge is 0.421 e. The number of rotatable bonds is 6. The molecule has 0 aromatic rings. The lowest BCUT2D eigenvalue weighted by Gasteiger charge is -2.59. The van der Waals surface area contributed by atoms with E-state index in [2.05, 4.69) is 58.1 Å². The highest BCUT2D eigenvalue weighted by Crippen LogP contribution is 2.66. The van der Waals surface area contributed by atoms with E-state index in [4.69, 9.17) is 4.74 Å². The second-order valence-electron chi connectivity index (χ2n) is 14.4. The molecular weight excluding hydrogens is 474 g/mol. The first-order valence-electron chi connectivity index (χ1n) is 15.5. The number of piperazine rings is 1. The molecular formula is C32H53N3O3. The molecule has 0 bridgehead atoms. The molecule has 6 nitrogen and oxygen atoms in total. The predicted molar refractivity (Wildman–Crippen MR) is 152 cm³/mol. The number of hydrogen-bond donors (Lipinski definition) is 2. The summed E-state index contributed by atoms with van der Waals surface area (Å²) in [5.74, 6) is 1.85. The van der Waals surface area contributed by atoms with E-state index in [1.807, 2.05) is 5.01 Å². The monoisotopic (exact) mass is 527 g/mol. The Hall–Kier alpha value is -1.37. The number of aliphatic hydroxyl groups is 1. The summed E-state index contributed by atoms with van der Waals surface area (Å²) in [4.78, 5) is 14.5. The molecule has 4 aliphatic carbocycles. The van der Waals surface area contributed by atoms with E-state index in [9.17, 15) is 9.90 Å². The fourth-order valence-corrected chi connectivity index (χ4v) is 9.43. The van der Waals surface area contributed by atoms with Gasteiger partial charge >= 0.3 is 6.09 Å². The predicted octanol–water partition coefficient (Wildman–Crippen LogP) is 5.93. The molecule has 0 radical (unpaired) electrons. The number of fused-ring (bicyclic) bond motifs is 4. The van der Waals surface area contributed by atoms with Crippen molar-refractivity contribution in [2.24, 2.45) is 34.0 Å². The quantitative estimate of drug-likeness (QED) is 0.419. The molecule has 214 valence electrons. The zero-order valence-corrected chi connectivity index (χ0v) is 24.9. The van der Waals surface area contributed by atoms with Gasteiger partial charge in [0.25, 0.3) is 0 Å². The van der Waals surface area contributed by atoms with Gasteiger partial charge in [-0.1, -0.05) is 46.3 Å². The SMILES string of the molecule is C[C@H](CCCOC(=O)NN1CCN(C)CC1)[C@H]1CC=C2C3=C(CC[C@@]21C)[C@@]1(C)CC[C@H](O)C(C)(C)[C@@H]1CC3. The third kappa shape index (κ3) is 4.88. The second kappa shape index (κ2) is 10.6. The second-order valence-corrected chi connectivity index (χ2v) is 14.4. The molecule has 38 heavy (non-hydrogen) atoms. The van der Waals surface area contributed by atoms with Crippen LogP contribution in [0.25, 0.3) is 0 Å². The molecule has 1 amide bonds. The summed E-state index contributed by atoms with van der Waals surface area (Å²) in [6.45, 7) is 16.2. The zero-order chi connectivity index (χ0) is 27.3. The third-order valence-corrected chi connectivity index (χ3v) is 11.9. The van der Waals surface area contributed by atoms with Crippen LogP contribution < -0.4 is 5.43 Å². The van der Waals surface area contributed by atoms with Gasteiger partial charge in [0.1, 0.15) is 0 Å². The van der Waals surface area contributed by atoms with Gasteiger partial charge in [0.2, 0.25) is 0 Å². The fraction of sp³-hybridized carbons (Fsp3) is 0.844. The lowest BCUT2D eigenvalue weighted by molar-refractivity contribution is -0.0905. The maximum absolute atomic E-state index is 12.2. The molecule has 2 N–H and O–H groups in total. The number of carbonyl (C=O) groups is 1. The van der Waals surface area contributed by atoms with Crippen LogP contribution >= 0.6 is 0 Å². The Balaban J connectivity index is 1.16. The van der Waals surface area contributed by atoms with Gasteiger partial charge in [-0.3, -0.25) is 5.43 Å². The van der Waals surface area contributed by atoms with Crippen molar-refractivity contribution < 1.29 is 14.6 Å². The summed E-state index contributed by atoms with van der Waals surface area (Å²) in [5.41, 5.74) is 8.51. The van der Waals surface area contributed by atoms with E-state index in [0.29, 0.717) is 24.4 Å². The minimum atomic E-state index is -0.312. The number of hydrogen-bond acceptors (Lipinski definition) is 5. The third-order valence-electron chi connectivity index (χ3n) is 11.9. The van der Waals surface area contributed by atoms with Crippen molar-refractivity contribution in [1.82, 2.24) is 15.3 Å². The van der Waals surface area contributed by atoms with Crippen LogP contribution in [0.1, 0.15) is 92.4 Å². The van der Waals surface area contributed by atoms with E-state index in [1.165, 1.54) is 32.1 Å². The Morgan fingerprint density at radius 3 is 2.58 bits per heavy atom. The average molecular weight is 528 g/mol. The average Bonchev–Trinajstić information content (AvgIpc) is 3.23. The van der Waals surface area contributed by atoms with Crippen LogP contribution in [0.15, 0.2) is 22.8 Å². The van der Waals surface area contributed by atoms with Crippen molar-refractivity contribution in [3.63, 3.8) is 0 Å². The summed E-state index contributed by atoms with van der Waals surface area (Å²) < 4.78 is 5.53. The molecule has 5 rings (SSSR count). The number of nitrogens with zero attached hydrogens (tertiary/aromatic N) is 2. The minimum absolute atomic E-state index is 0.00312. The normalized spacial score (nSPS) is 38.1. The first kappa shape index (κ1) is 28.2. The van der Waals surface area contributed by atoms with Gasteiger partial charge < -0.3 is 14.7 Å². The highest BCUT2D eigenvalue weighted by molar-refractivity contribution is 5.66. The summed E-state index contributed by atoms with van der Waals surface area (Å²) >= 11 is 0. The van der Waals surface area contributed by atoms with Crippen LogP contribution in [0.5, 0.6) is 0 Å². The molecule has 0 aromatic carbocycles. The Morgan fingerprint density at radius 2 is 1.84 bits per heavy atom. The summed E-state index contributed by atoms with van der Waals surface area (Å²) in [5, 5.41) is 12.8. The maximum atomic E-state index is 12.2. The van der Waals surface area contributed by atoms with Crippen LogP contribution in [0.4, 0.5) is 4.79 Å². The largest absolute Gasteiger partial charge is 0.449 e. The van der Waals surface area contributed by atoms with Crippen LogP contribution in [0.2, 0.25) is 0 Å². The van der Waals surface area contributed by atoms with Crippen LogP contribution in [0.3, 0.4) is 0 Å². The number of likely N-dealkylation sites (N-methyl/N-ethyl adjacent to an activating group) is 1. The van der Waals surface area contributed by atoms with Crippen LogP contribution in [-0.2, 0) is 4.74 Å². The highest BCUT2D eigenvalue weighted by Gasteiger charge is 2.57. The van der Waals surface area contributed by atoms with Gasteiger partial charge in [-0.25, -0.2) is 9.80 Å². The lowest BCUT2D eigenvalue weighted by Crippen LogP contribution is -2.53. The van der Waals surface area contributed by atoms with Crippen molar-refractivity contribution in [2.75, 3.05) is 39.8 Å². The lowest BCUT2D eigenvalue weighted by atomic mass is 9.46. The molecule has 0 spiro atoms. The van der Waals surface area contributed by atoms with E-state index in [1.54, 1.807) is 16.7 Å². The van der Waals surface area contributed by atoms with Crippen molar-refractivity contribution >= 4 is 6.09 Å². The van der Waals surface area contributed by atoms with Gasteiger partial charge in [-0.15, -0.1) is 0 Å². The molecule has 0 unspecified atom stereocenters. The molecule has 5 aliphatic rings. The maximum Gasteiger partial charge on any atom is 0.421 e. The molecule has 6 atom stereocenters. The summed E-state index contributed by atoms with van der Waals surface area (Å²) in [6.07, 6.45) is 12.2. The van der Waals surface area contributed by atoms with Gasteiger partial charge in [0.05, 0.1) is 12.7 Å². The van der Waals surface area contributed by atoms with E-state index in [-0.39, 0.29) is 28.4 Å². The standard InChI is InChI=1S/C32H53N3O3/c1-22(8-7-21-38-29(37)33-35-19-17-34(6)18-20-35)24-10-11-25-23-9-12-27-30(2,3)28(36)14-16-32(27,5)26(23)13-15-31(24,25)4/h11,22,24,27-28,36H,7-10,12-21H2,1-6H3,(H,33,37)/t22-,24-,27+,28+,31-,32-/m1/s1. The topological polar surface area (TPSA) is 65.0 Å². The summed E-state index contributed by atoms with van der Waals surface area (Å²) in [6, 6.07) is 0. The fourth-order valence-electron chi connectivity index (χ4n) is 9.43. The number of allylic oxidation sites excluding steroid dienone is 4. The van der Waals surface area contributed by atoms with Crippen molar-refractivity contribution in [3.8, 4) is 0 Å². The Morgan fingerprint density at radius 1 is 1.11 bits per heavy atom. The van der Waals surface area contributed by atoms with Gasteiger partial charge in [-0.2, -0.15) is 0 Å². The van der Waals surface area contributed by atoms with Crippen molar-refractivity contribution in [2.45, 2.75) is 98.5 Å². The Bertz CT molecular complexity index is 965. The molecule has 0 aromatic heterocycles. The number of ether oxygens (including phenoxy) is 1. The molecule has 1 saturated carbocycles. The van der Waals surface area contributed by atoms with Gasteiger partial charge in [0.15, 0.2) is 0 Å². The number of carbonyl (C=O) groups excluding carboxylic acids is 1. The Labute approximate surface area is 231 Å². The zero-order valence-electron chi connectivity index (χ0n) is 24.9. The number of amides is 1.